The monoisotopic (exact) mass is 134 g/mol. The molecule has 0 N–H and O–H groups in total. The van der Waals surface area contributed by atoms with Crippen molar-refractivity contribution in [2.75, 3.05) is 0 Å². The van der Waals surface area contributed by atoms with Crippen LogP contribution in [-0.4, -0.2) is 18.9 Å². The van der Waals surface area contributed by atoms with Crippen LogP contribution >= 0.6 is 0 Å². The summed E-state index contributed by atoms with van der Waals surface area (Å²) in [6.45, 7) is 0. The first-order valence-corrected chi connectivity index (χ1v) is 0. The molecule has 0 aromatic rings. The van der Waals surface area contributed by atoms with Gasteiger partial charge in [-0.1, -0.05) is 7.43 Å². The predicted molar refractivity (Wildman–Crippen MR) is 12.5 cm³/mol. The zero-order valence-electron chi connectivity index (χ0n) is 1.73. The summed E-state index contributed by atoms with van der Waals surface area (Å²) in [5.74, 6) is 0. The zero-order valence-corrected chi connectivity index (χ0v) is 4.02. The van der Waals surface area contributed by atoms with E-state index in [1.807, 2.05) is 0 Å². The number of rotatable bonds is 0. The van der Waals surface area contributed by atoms with Gasteiger partial charge in [0.2, 0.25) is 0 Å². The molecule has 0 spiro atoms. The first-order chi connectivity index (χ1) is 0. The van der Waals surface area contributed by atoms with E-state index in [-0.39, 0.29) is 60.4 Å². The Morgan fingerprint density at radius 3 is 1.00 bits per heavy atom. The van der Waals surface area contributed by atoms with Gasteiger partial charge in [0, 0.05) is 53.0 Å². The van der Waals surface area contributed by atoms with E-state index in [4.69, 9.17) is 0 Å². The topological polar surface area (TPSA) is 0 Å². The summed E-state index contributed by atoms with van der Waals surface area (Å²) < 4.78 is 0. The SMILES string of the molecule is C.[Fe].[Li].[Mn]. The quantitative estimate of drug-likeness (QED) is 0.416. The third kappa shape index (κ3) is 9.44. The molecule has 0 unspecified atom stereocenters. The van der Waals surface area contributed by atoms with Gasteiger partial charge in [0.1, 0.15) is 0 Å². The van der Waals surface area contributed by atoms with Crippen molar-refractivity contribution in [1.29, 1.82) is 0 Å². The van der Waals surface area contributed by atoms with Crippen molar-refractivity contribution in [2.45, 2.75) is 7.43 Å². The number of hydrogen-bond donors (Lipinski definition) is 0. The van der Waals surface area contributed by atoms with Crippen LogP contribution in [0, 0.1) is 0 Å². The number of hydrogen-bond acceptors (Lipinski definition) is 0. The molecule has 0 atom stereocenters. The summed E-state index contributed by atoms with van der Waals surface area (Å²) in [5, 5.41) is 0. The zero-order chi connectivity index (χ0) is 0. The standard InChI is InChI=1S/CH4.Fe.Li.Mn/h1H4;;;. The van der Waals surface area contributed by atoms with Crippen LogP contribution in [0.4, 0.5) is 0 Å². The van der Waals surface area contributed by atoms with E-state index in [1.165, 1.54) is 0 Å². The van der Waals surface area contributed by atoms with Gasteiger partial charge in [-0.3, -0.25) is 0 Å². The third-order valence-electron chi connectivity index (χ3n) is 0. The van der Waals surface area contributed by atoms with Gasteiger partial charge in [0.05, 0.1) is 0 Å². The molecular formula is CH4FeLiMn. The van der Waals surface area contributed by atoms with Crippen molar-refractivity contribution in [3.63, 3.8) is 0 Å². The van der Waals surface area contributed by atoms with E-state index in [9.17, 15) is 0 Å². The molecule has 0 aliphatic heterocycles. The molecule has 0 aliphatic carbocycles. The Bertz CT molecular complexity index is 8.00. The van der Waals surface area contributed by atoms with Gasteiger partial charge in [0.15, 0.2) is 0 Å². The van der Waals surface area contributed by atoms with Crippen LogP contribution in [0.25, 0.3) is 0 Å². The summed E-state index contributed by atoms with van der Waals surface area (Å²) in [5.41, 5.74) is 0. The van der Waals surface area contributed by atoms with Crippen molar-refractivity contribution < 1.29 is 34.1 Å². The smallest absolute Gasteiger partial charge is 0 e. The van der Waals surface area contributed by atoms with Crippen LogP contribution in [0.5, 0.6) is 0 Å². The molecule has 0 bridgehead atoms. The van der Waals surface area contributed by atoms with Crippen LogP contribution in [0.1, 0.15) is 7.43 Å². The third-order valence-corrected chi connectivity index (χ3v) is 0. The van der Waals surface area contributed by atoms with E-state index in [0.29, 0.717) is 0 Å². The molecular weight excluding hydrogens is 130 g/mol. The van der Waals surface area contributed by atoms with Gasteiger partial charge in [0.25, 0.3) is 0 Å². The van der Waals surface area contributed by atoms with Crippen LogP contribution in [0.2, 0.25) is 0 Å². The van der Waals surface area contributed by atoms with Crippen LogP contribution in [0.15, 0.2) is 0 Å². The molecule has 4 heavy (non-hydrogen) atoms. The summed E-state index contributed by atoms with van der Waals surface area (Å²) in [6, 6.07) is 0. The Balaban J connectivity index is 0. The molecule has 0 heterocycles. The van der Waals surface area contributed by atoms with Crippen LogP contribution < -0.4 is 0 Å². The molecule has 0 aliphatic rings. The summed E-state index contributed by atoms with van der Waals surface area (Å²) in [4.78, 5) is 0. The van der Waals surface area contributed by atoms with E-state index >= 15 is 0 Å². The van der Waals surface area contributed by atoms with E-state index in [0.717, 1.165) is 0 Å². The Kier molecular flexibility index (Phi) is 259. The molecule has 0 amide bonds. The molecule has 0 fully saturated rings. The van der Waals surface area contributed by atoms with Crippen molar-refractivity contribution in [1.82, 2.24) is 0 Å². The first kappa shape index (κ1) is 45.2. The minimum atomic E-state index is 0. The van der Waals surface area contributed by atoms with E-state index in [2.05, 4.69) is 0 Å². The largest absolute Gasteiger partial charge is 0.0776 e. The van der Waals surface area contributed by atoms with Crippen molar-refractivity contribution in [3.8, 4) is 0 Å². The van der Waals surface area contributed by atoms with Gasteiger partial charge < -0.3 is 0 Å². The van der Waals surface area contributed by atoms with E-state index < -0.39 is 0 Å². The second kappa shape index (κ2) is 22.9. The molecule has 24 valence electrons. The van der Waals surface area contributed by atoms with Crippen LogP contribution in [-0.2, 0) is 34.1 Å². The average molecular weight is 134 g/mol. The summed E-state index contributed by atoms with van der Waals surface area (Å²) >= 11 is 0. The maximum Gasteiger partial charge on any atom is 0 e. The average Bonchev–Trinajstić information content (AvgIpc) is 0. The van der Waals surface area contributed by atoms with Gasteiger partial charge in [-0.2, -0.15) is 0 Å². The normalized spacial score (nSPS) is 0. The molecule has 0 saturated heterocycles. The molecule has 0 aromatic heterocycles. The molecule has 0 saturated carbocycles. The summed E-state index contributed by atoms with van der Waals surface area (Å²) in [6.07, 6.45) is 0. The van der Waals surface area contributed by atoms with Crippen molar-refractivity contribution in [2.24, 2.45) is 0 Å². The van der Waals surface area contributed by atoms with Crippen molar-refractivity contribution in [3.05, 3.63) is 0 Å². The molecule has 0 aromatic carbocycles. The summed E-state index contributed by atoms with van der Waals surface area (Å²) in [7, 11) is 0. The predicted octanol–water partition coefficient (Wildman–Crippen LogP) is 0.250. The maximum absolute atomic E-state index is 0. The Hall–Kier alpha value is 1.64. The molecule has 3 heteroatoms. The van der Waals surface area contributed by atoms with Gasteiger partial charge >= 0.3 is 0 Å². The Labute approximate surface area is 60.2 Å². The second-order valence-corrected chi connectivity index (χ2v) is 0. The fourth-order valence-electron chi connectivity index (χ4n) is 0. The Morgan fingerprint density at radius 1 is 1.00 bits per heavy atom. The molecule has 0 nitrogen and oxygen atoms in total. The van der Waals surface area contributed by atoms with E-state index in [1.54, 1.807) is 0 Å². The van der Waals surface area contributed by atoms with Gasteiger partial charge in [-0.15, -0.1) is 0 Å². The first-order valence-electron chi connectivity index (χ1n) is 0. The maximum atomic E-state index is 0. The minimum Gasteiger partial charge on any atom is -0.0776 e. The molecule has 0 rings (SSSR count). The second-order valence-electron chi connectivity index (χ2n) is 0. The fourth-order valence-corrected chi connectivity index (χ4v) is 0. The van der Waals surface area contributed by atoms with Gasteiger partial charge in [-0.05, 0) is 0 Å². The van der Waals surface area contributed by atoms with Crippen LogP contribution in [0.3, 0.4) is 0 Å². The van der Waals surface area contributed by atoms with Crippen molar-refractivity contribution >= 4 is 18.9 Å². The molecule has 2 radical (unpaired) electrons. The van der Waals surface area contributed by atoms with Gasteiger partial charge in [-0.25, -0.2) is 0 Å². The minimum absolute atomic E-state index is 0. The fraction of sp³-hybridized carbons (Fsp3) is 1.00. The Morgan fingerprint density at radius 2 is 1.00 bits per heavy atom.